The molecule has 2 aromatic carbocycles. The van der Waals surface area contributed by atoms with E-state index in [0.29, 0.717) is 0 Å². The van der Waals surface area contributed by atoms with E-state index in [1.807, 2.05) is 34.8 Å². The van der Waals surface area contributed by atoms with Gasteiger partial charge < -0.3 is 5.32 Å². The number of hydrogen-bond donors (Lipinski definition) is 1. The molecule has 4 aromatic rings. The summed E-state index contributed by atoms with van der Waals surface area (Å²) in [5.41, 5.74) is 3.16. The normalized spacial score (nSPS) is 10.9. The Morgan fingerprint density at radius 3 is 2.72 bits per heavy atom. The SMILES string of the molecule is Ic1cccc(Nc2cc(SCc3ccccc3)n3nccc3n2)c1. The van der Waals surface area contributed by atoms with Gasteiger partial charge in [-0.15, -0.1) is 11.8 Å². The van der Waals surface area contributed by atoms with Gasteiger partial charge in [0.15, 0.2) is 5.65 Å². The summed E-state index contributed by atoms with van der Waals surface area (Å²) in [6, 6.07) is 22.7. The average Bonchev–Trinajstić information content (AvgIpc) is 3.09. The summed E-state index contributed by atoms with van der Waals surface area (Å²) in [6.07, 6.45) is 1.78. The zero-order valence-electron chi connectivity index (χ0n) is 13.3. The van der Waals surface area contributed by atoms with Crippen LogP contribution in [0.25, 0.3) is 5.65 Å². The minimum absolute atomic E-state index is 0.825. The van der Waals surface area contributed by atoms with Crippen LogP contribution in [0.5, 0.6) is 0 Å². The van der Waals surface area contributed by atoms with Crippen LogP contribution in [-0.4, -0.2) is 14.6 Å². The van der Waals surface area contributed by atoms with Gasteiger partial charge in [-0.05, 0) is 46.4 Å². The van der Waals surface area contributed by atoms with Gasteiger partial charge in [0, 0.05) is 27.1 Å². The van der Waals surface area contributed by atoms with Crippen molar-refractivity contribution >= 4 is 51.5 Å². The number of aromatic nitrogens is 3. The molecule has 4 nitrogen and oxygen atoms in total. The van der Waals surface area contributed by atoms with Gasteiger partial charge in [0.1, 0.15) is 10.8 Å². The van der Waals surface area contributed by atoms with Crippen LogP contribution in [0.2, 0.25) is 0 Å². The van der Waals surface area contributed by atoms with Crippen LogP contribution in [0.4, 0.5) is 11.5 Å². The van der Waals surface area contributed by atoms with Gasteiger partial charge in [0.25, 0.3) is 0 Å². The summed E-state index contributed by atoms with van der Waals surface area (Å²) in [5.74, 6) is 1.72. The number of thioether (sulfide) groups is 1. The zero-order valence-corrected chi connectivity index (χ0v) is 16.2. The molecule has 6 heteroatoms. The van der Waals surface area contributed by atoms with Crippen LogP contribution >= 0.6 is 34.4 Å². The minimum Gasteiger partial charge on any atom is -0.340 e. The lowest BCUT2D eigenvalue weighted by Crippen LogP contribution is -2.00. The Balaban J connectivity index is 1.62. The van der Waals surface area contributed by atoms with Gasteiger partial charge in [0.05, 0.1) is 6.20 Å². The van der Waals surface area contributed by atoms with E-state index >= 15 is 0 Å². The van der Waals surface area contributed by atoms with E-state index in [0.717, 1.165) is 27.9 Å². The predicted octanol–water partition coefficient (Wildman–Crippen LogP) is 5.37. The largest absolute Gasteiger partial charge is 0.340 e. The molecule has 0 amide bonds. The van der Waals surface area contributed by atoms with E-state index in [1.54, 1.807) is 18.0 Å². The Bertz CT molecular complexity index is 1000. The molecule has 0 saturated carbocycles. The highest BCUT2D eigenvalue weighted by Gasteiger charge is 2.08. The molecule has 2 heterocycles. The van der Waals surface area contributed by atoms with E-state index < -0.39 is 0 Å². The summed E-state index contributed by atoms with van der Waals surface area (Å²) in [7, 11) is 0. The predicted molar refractivity (Wildman–Crippen MR) is 111 cm³/mol. The van der Waals surface area contributed by atoms with Crippen molar-refractivity contribution in [1.82, 2.24) is 14.6 Å². The molecule has 1 N–H and O–H groups in total. The van der Waals surface area contributed by atoms with Gasteiger partial charge in [0.2, 0.25) is 0 Å². The van der Waals surface area contributed by atoms with Crippen LogP contribution in [0.3, 0.4) is 0 Å². The molecular formula is C19H15IN4S. The molecule has 0 aliphatic carbocycles. The first-order valence-electron chi connectivity index (χ1n) is 7.82. The first-order valence-corrected chi connectivity index (χ1v) is 9.88. The lowest BCUT2D eigenvalue weighted by Gasteiger charge is -2.10. The fourth-order valence-corrected chi connectivity index (χ4v) is 4.01. The molecule has 124 valence electrons. The van der Waals surface area contributed by atoms with E-state index in [1.165, 1.54) is 9.13 Å². The van der Waals surface area contributed by atoms with Crippen LogP contribution < -0.4 is 5.32 Å². The standard InChI is InChI=1S/C19H15IN4S/c20-15-7-4-8-16(11-15)22-17-12-19(24-18(23-17)9-10-21-24)25-13-14-5-2-1-3-6-14/h1-12H,13H2,(H,22,23). The molecule has 4 rings (SSSR count). The molecule has 0 aliphatic rings. The van der Waals surface area contributed by atoms with Crippen molar-refractivity contribution in [2.24, 2.45) is 0 Å². The number of rotatable bonds is 5. The minimum atomic E-state index is 0.825. The monoisotopic (exact) mass is 458 g/mol. The first kappa shape index (κ1) is 16.4. The number of anilines is 2. The number of hydrogen-bond acceptors (Lipinski definition) is 4. The molecule has 0 atom stereocenters. The van der Waals surface area contributed by atoms with Crippen molar-refractivity contribution in [2.75, 3.05) is 5.32 Å². The highest BCUT2D eigenvalue weighted by molar-refractivity contribution is 14.1. The summed E-state index contributed by atoms with van der Waals surface area (Å²) in [4.78, 5) is 4.65. The lowest BCUT2D eigenvalue weighted by atomic mass is 10.2. The van der Waals surface area contributed by atoms with Gasteiger partial charge in [-0.25, -0.2) is 9.50 Å². The second-order valence-corrected chi connectivity index (χ2v) is 7.73. The number of fused-ring (bicyclic) bond motifs is 1. The van der Waals surface area contributed by atoms with Crippen molar-refractivity contribution in [1.29, 1.82) is 0 Å². The summed E-state index contributed by atoms with van der Waals surface area (Å²) >= 11 is 4.06. The third-order valence-corrected chi connectivity index (χ3v) is 5.39. The van der Waals surface area contributed by atoms with E-state index in [2.05, 4.69) is 74.4 Å². The molecule has 0 aliphatic heterocycles. The lowest BCUT2D eigenvalue weighted by molar-refractivity contribution is 0.845. The van der Waals surface area contributed by atoms with Gasteiger partial charge in [-0.3, -0.25) is 0 Å². The van der Waals surface area contributed by atoms with E-state index in [-0.39, 0.29) is 0 Å². The molecule has 2 aromatic heterocycles. The fraction of sp³-hybridized carbons (Fsp3) is 0.0526. The summed E-state index contributed by atoms with van der Waals surface area (Å²) in [5, 5.41) is 8.85. The number of benzene rings is 2. The Labute approximate surface area is 163 Å². The Morgan fingerprint density at radius 1 is 1.00 bits per heavy atom. The van der Waals surface area contributed by atoms with Gasteiger partial charge >= 0.3 is 0 Å². The third kappa shape index (κ3) is 3.96. The average molecular weight is 458 g/mol. The van der Waals surface area contributed by atoms with E-state index in [4.69, 9.17) is 0 Å². The summed E-state index contributed by atoms with van der Waals surface area (Å²) in [6.45, 7) is 0. The molecule has 0 radical (unpaired) electrons. The van der Waals surface area contributed by atoms with Gasteiger partial charge in [-0.2, -0.15) is 5.10 Å². The van der Waals surface area contributed by atoms with Crippen LogP contribution in [-0.2, 0) is 5.75 Å². The Morgan fingerprint density at radius 2 is 1.88 bits per heavy atom. The number of halogens is 1. The van der Waals surface area contributed by atoms with Crippen LogP contribution in [0.15, 0.2) is 78.0 Å². The first-order chi connectivity index (χ1) is 12.3. The smallest absolute Gasteiger partial charge is 0.158 e. The zero-order chi connectivity index (χ0) is 17.1. The maximum absolute atomic E-state index is 4.65. The Kier molecular flexibility index (Phi) is 4.89. The van der Waals surface area contributed by atoms with Gasteiger partial charge in [-0.1, -0.05) is 36.4 Å². The quantitative estimate of drug-likeness (QED) is 0.248. The highest BCUT2D eigenvalue weighted by atomic mass is 127. The highest BCUT2D eigenvalue weighted by Crippen LogP contribution is 2.27. The summed E-state index contributed by atoms with van der Waals surface area (Å²) < 4.78 is 3.07. The fourth-order valence-electron chi connectivity index (χ4n) is 2.50. The molecule has 0 fully saturated rings. The maximum Gasteiger partial charge on any atom is 0.158 e. The van der Waals surface area contributed by atoms with E-state index in [9.17, 15) is 0 Å². The van der Waals surface area contributed by atoms with Crippen LogP contribution in [0, 0.1) is 3.57 Å². The van der Waals surface area contributed by atoms with Crippen molar-refractivity contribution < 1.29 is 0 Å². The number of nitrogens with zero attached hydrogens (tertiary/aromatic N) is 3. The van der Waals surface area contributed by atoms with Crippen molar-refractivity contribution in [3.63, 3.8) is 0 Å². The molecule has 0 saturated heterocycles. The third-order valence-electron chi connectivity index (χ3n) is 3.65. The van der Waals surface area contributed by atoms with Crippen molar-refractivity contribution in [3.8, 4) is 0 Å². The molecule has 0 unspecified atom stereocenters. The molecule has 25 heavy (non-hydrogen) atoms. The second-order valence-electron chi connectivity index (χ2n) is 5.49. The second kappa shape index (κ2) is 7.45. The van der Waals surface area contributed by atoms with Crippen molar-refractivity contribution in [2.45, 2.75) is 10.8 Å². The Hall–Kier alpha value is -2.06. The number of nitrogens with one attached hydrogen (secondary N) is 1. The maximum atomic E-state index is 4.65. The van der Waals surface area contributed by atoms with Crippen LogP contribution in [0.1, 0.15) is 5.56 Å². The molecule has 0 spiro atoms. The topological polar surface area (TPSA) is 42.2 Å². The van der Waals surface area contributed by atoms with Crippen molar-refractivity contribution in [3.05, 3.63) is 82.1 Å². The molecule has 0 bridgehead atoms. The molecular weight excluding hydrogens is 443 g/mol.